The number of hydrogen-bond donors (Lipinski definition) is 0. The van der Waals surface area contributed by atoms with Crippen molar-refractivity contribution in [2.24, 2.45) is 0 Å². The SMILES string of the molecule is CCC1=CC(C)=[C]([Ti]([C]2=C(C)C=C(CC)C2)=[Si](C)C)C1. The molecule has 0 spiro atoms. The van der Waals surface area contributed by atoms with Crippen LogP contribution in [0.5, 0.6) is 0 Å². The molecule has 0 aromatic heterocycles. The number of allylic oxidation sites excluding steroid dienone is 8. The predicted molar refractivity (Wildman–Crippen MR) is 88.9 cm³/mol. The molecular weight excluding hydrogens is 292 g/mol. The molecule has 2 rings (SSSR count). The average Bonchev–Trinajstić information content (AvgIpc) is 2.94. The Hall–Kier alpha value is -0.109. The van der Waals surface area contributed by atoms with Crippen LogP contribution in [0, 0.1) is 0 Å². The molecule has 0 aromatic rings. The molecule has 0 amide bonds. The van der Waals surface area contributed by atoms with Gasteiger partial charge in [0.15, 0.2) is 0 Å². The molecule has 20 heavy (non-hydrogen) atoms. The Morgan fingerprint density at radius 3 is 1.55 bits per heavy atom. The Bertz CT molecular complexity index is 533. The Kier molecular flexibility index (Phi) is 5.50. The van der Waals surface area contributed by atoms with E-state index in [9.17, 15) is 0 Å². The second-order valence-electron chi connectivity index (χ2n) is 6.36. The number of hydrogen-bond acceptors (Lipinski definition) is 0. The molecule has 0 fully saturated rings. The van der Waals surface area contributed by atoms with Gasteiger partial charge in [-0.15, -0.1) is 0 Å². The topological polar surface area (TPSA) is 0 Å². The summed E-state index contributed by atoms with van der Waals surface area (Å²) in [6, 6.07) is 0. The molecule has 2 aliphatic rings. The first-order valence-corrected chi connectivity index (χ1v) is 14.3. The molecule has 2 heteroatoms. The normalized spacial score (nSPS) is 18.7. The van der Waals surface area contributed by atoms with Crippen LogP contribution in [-0.4, -0.2) is 6.19 Å². The van der Waals surface area contributed by atoms with Crippen LogP contribution in [0.15, 0.2) is 42.2 Å². The van der Waals surface area contributed by atoms with Crippen LogP contribution >= 0.6 is 0 Å². The summed E-state index contributed by atoms with van der Waals surface area (Å²) in [6.07, 6.45) is 9.89. The molecule has 0 bridgehead atoms. The van der Waals surface area contributed by atoms with Gasteiger partial charge in [-0.3, -0.25) is 0 Å². The Balaban J connectivity index is 2.37. The van der Waals surface area contributed by atoms with Crippen LogP contribution in [0.25, 0.3) is 0 Å². The fourth-order valence-electron chi connectivity index (χ4n) is 3.43. The first-order chi connectivity index (χ1) is 9.47. The van der Waals surface area contributed by atoms with Gasteiger partial charge >= 0.3 is 131 Å². The third-order valence-electron chi connectivity index (χ3n) is 4.61. The van der Waals surface area contributed by atoms with Crippen LogP contribution in [0.4, 0.5) is 0 Å². The van der Waals surface area contributed by atoms with Crippen molar-refractivity contribution in [3.8, 4) is 0 Å². The van der Waals surface area contributed by atoms with E-state index in [1.807, 2.05) is 7.76 Å². The van der Waals surface area contributed by atoms with Gasteiger partial charge in [-0.05, 0) is 0 Å². The Morgan fingerprint density at radius 2 is 1.30 bits per heavy atom. The van der Waals surface area contributed by atoms with E-state index in [0.29, 0.717) is 0 Å². The summed E-state index contributed by atoms with van der Waals surface area (Å²) < 4.78 is 3.81. The zero-order valence-electron chi connectivity index (χ0n) is 14.0. The quantitative estimate of drug-likeness (QED) is 0.567. The van der Waals surface area contributed by atoms with E-state index >= 15 is 0 Å². The predicted octanol–water partition coefficient (Wildman–Crippen LogP) is 5.88. The molecule has 0 saturated heterocycles. The third-order valence-corrected chi connectivity index (χ3v) is 16.5. The van der Waals surface area contributed by atoms with Gasteiger partial charge in [-0.25, -0.2) is 0 Å². The molecule has 0 heterocycles. The van der Waals surface area contributed by atoms with Crippen LogP contribution in [0.3, 0.4) is 0 Å². The molecule has 0 atom stereocenters. The van der Waals surface area contributed by atoms with E-state index in [4.69, 9.17) is 0 Å². The van der Waals surface area contributed by atoms with E-state index in [-0.39, 0.29) is 6.19 Å². The zero-order chi connectivity index (χ0) is 14.9. The molecule has 0 saturated carbocycles. The van der Waals surface area contributed by atoms with Crippen LogP contribution < -0.4 is 0 Å². The van der Waals surface area contributed by atoms with Gasteiger partial charge in [0.25, 0.3) is 0 Å². The summed E-state index contributed by atoms with van der Waals surface area (Å²) >= 11 is -1.20. The average molecular weight is 320 g/mol. The van der Waals surface area contributed by atoms with E-state index in [0.717, 1.165) is 0 Å². The standard InChI is InChI=1S/2C8H11.C2H6Si.Ti/c2*1-3-8-5-4-7(2)6-8;1-3-2;/h2*6H,3,5H2,1-2H3;1-2H3;. The van der Waals surface area contributed by atoms with Crippen LogP contribution in [0.2, 0.25) is 13.1 Å². The maximum atomic E-state index is 2.56. The molecule has 108 valence electrons. The summed E-state index contributed by atoms with van der Waals surface area (Å²) in [6.45, 7) is 14.5. The molecule has 0 nitrogen and oxygen atoms in total. The van der Waals surface area contributed by atoms with Gasteiger partial charge in [-0.2, -0.15) is 0 Å². The number of rotatable bonds is 4. The van der Waals surface area contributed by atoms with E-state index in [1.54, 1.807) is 22.3 Å². The third kappa shape index (κ3) is 3.21. The second kappa shape index (κ2) is 6.77. The Labute approximate surface area is 131 Å². The van der Waals surface area contributed by atoms with Crippen molar-refractivity contribution < 1.29 is 16.6 Å². The van der Waals surface area contributed by atoms with Crippen molar-refractivity contribution >= 4 is 6.19 Å². The maximum absolute atomic E-state index is 2.56. The first-order valence-electron chi connectivity index (χ1n) is 7.94. The summed E-state index contributed by atoms with van der Waals surface area (Å²) in [5, 5.41) is 0. The van der Waals surface area contributed by atoms with Crippen LogP contribution in [0.1, 0.15) is 53.4 Å². The summed E-state index contributed by atoms with van der Waals surface area (Å²) in [4.78, 5) is 0. The molecule has 0 radical (unpaired) electrons. The van der Waals surface area contributed by atoms with Gasteiger partial charge in [0.2, 0.25) is 0 Å². The fourth-order valence-corrected chi connectivity index (χ4v) is 15.9. The zero-order valence-corrected chi connectivity index (χ0v) is 16.5. The van der Waals surface area contributed by atoms with Gasteiger partial charge in [0, 0.05) is 0 Å². The van der Waals surface area contributed by atoms with E-state index in [2.05, 4.69) is 52.9 Å². The Morgan fingerprint density at radius 1 is 0.900 bits per heavy atom. The van der Waals surface area contributed by atoms with Crippen molar-refractivity contribution in [3.05, 3.63) is 42.2 Å². The van der Waals surface area contributed by atoms with E-state index in [1.165, 1.54) is 25.7 Å². The monoisotopic (exact) mass is 320 g/mol. The summed E-state index contributed by atoms with van der Waals surface area (Å²) in [5.74, 6) is 0. The molecule has 2 aliphatic carbocycles. The minimum absolute atomic E-state index is 0.182. The van der Waals surface area contributed by atoms with Crippen molar-refractivity contribution in [2.45, 2.75) is 66.5 Å². The summed E-state index contributed by atoms with van der Waals surface area (Å²) in [5.41, 5.74) is 6.61. The van der Waals surface area contributed by atoms with Gasteiger partial charge in [0.1, 0.15) is 0 Å². The van der Waals surface area contributed by atoms with Gasteiger partial charge < -0.3 is 0 Å². The van der Waals surface area contributed by atoms with Crippen LogP contribution in [-0.2, 0) is 16.6 Å². The van der Waals surface area contributed by atoms with E-state index < -0.39 is 16.6 Å². The molecule has 0 aliphatic heterocycles. The second-order valence-corrected chi connectivity index (χ2v) is 18.2. The van der Waals surface area contributed by atoms with Crippen molar-refractivity contribution in [1.29, 1.82) is 0 Å². The van der Waals surface area contributed by atoms with Crippen molar-refractivity contribution in [3.63, 3.8) is 0 Å². The van der Waals surface area contributed by atoms with Crippen molar-refractivity contribution in [2.75, 3.05) is 0 Å². The first kappa shape index (κ1) is 16.3. The molecular formula is C18H28SiTi. The van der Waals surface area contributed by atoms with Gasteiger partial charge in [0.05, 0.1) is 0 Å². The van der Waals surface area contributed by atoms with Crippen molar-refractivity contribution in [1.82, 2.24) is 0 Å². The fraction of sp³-hybridized carbons (Fsp3) is 0.556. The minimum atomic E-state index is -1.20. The summed E-state index contributed by atoms with van der Waals surface area (Å²) in [7, 11) is 0. The molecule has 0 N–H and O–H groups in total. The molecule has 0 unspecified atom stereocenters. The van der Waals surface area contributed by atoms with Gasteiger partial charge in [-0.1, -0.05) is 0 Å². The molecule has 0 aromatic carbocycles.